The summed E-state index contributed by atoms with van der Waals surface area (Å²) in [5, 5.41) is 9.11. The number of rotatable bonds is 7. The number of aromatic carboxylic acids is 1. The van der Waals surface area contributed by atoms with Crippen molar-refractivity contribution in [3.8, 4) is 0 Å². The lowest BCUT2D eigenvalue weighted by atomic mass is 10.0. The van der Waals surface area contributed by atoms with Crippen molar-refractivity contribution < 1.29 is 23.1 Å². The molecule has 0 saturated carbocycles. The van der Waals surface area contributed by atoms with Crippen LogP contribution < -0.4 is 0 Å². The van der Waals surface area contributed by atoms with Gasteiger partial charge in [-0.25, -0.2) is 13.2 Å². The van der Waals surface area contributed by atoms with Gasteiger partial charge in [0.2, 0.25) is 5.91 Å². The van der Waals surface area contributed by atoms with Crippen LogP contribution in [0.15, 0.2) is 24.3 Å². The summed E-state index contributed by atoms with van der Waals surface area (Å²) in [5.41, 5.74) is 0.496. The van der Waals surface area contributed by atoms with Crippen LogP contribution in [0.2, 0.25) is 0 Å². The quantitative estimate of drug-likeness (QED) is 0.812. The van der Waals surface area contributed by atoms with Crippen molar-refractivity contribution in [3.63, 3.8) is 0 Å². The summed E-state index contributed by atoms with van der Waals surface area (Å²) < 4.78 is 23.2. The fraction of sp³-hybridized carbons (Fsp3) is 0.467. The number of carboxylic acid groups (broad SMARTS) is 1. The Morgan fingerprint density at radius 1 is 1.27 bits per heavy atom. The van der Waals surface area contributed by atoms with E-state index in [-0.39, 0.29) is 29.4 Å². The first-order valence-corrected chi connectivity index (χ1v) is 8.77. The second kappa shape index (κ2) is 7.40. The molecule has 0 aliphatic rings. The van der Waals surface area contributed by atoms with Crippen LogP contribution in [0.3, 0.4) is 0 Å². The summed E-state index contributed by atoms with van der Waals surface area (Å²) in [4.78, 5) is 24.7. The molecule has 0 saturated heterocycles. The van der Waals surface area contributed by atoms with E-state index in [1.54, 1.807) is 32.0 Å². The maximum atomic E-state index is 12.2. The second-order valence-electron chi connectivity index (χ2n) is 5.19. The highest BCUT2D eigenvalue weighted by atomic mass is 32.2. The van der Waals surface area contributed by atoms with Gasteiger partial charge in [0.25, 0.3) is 0 Å². The van der Waals surface area contributed by atoms with E-state index in [0.29, 0.717) is 5.56 Å². The van der Waals surface area contributed by atoms with E-state index < -0.39 is 21.8 Å². The third kappa shape index (κ3) is 4.84. The third-order valence-corrected chi connectivity index (χ3v) is 5.45. The molecule has 1 unspecified atom stereocenters. The van der Waals surface area contributed by atoms with Gasteiger partial charge in [-0.15, -0.1) is 0 Å². The number of carbonyl (C=O) groups is 2. The van der Waals surface area contributed by atoms with E-state index in [1.807, 2.05) is 0 Å². The van der Waals surface area contributed by atoms with Crippen molar-refractivity contribution in [1.29, 1.82) is 0 Å². The number of carboxylic acids is 1. The first-order valence-electron chi connectivity index (χ1n) is 6.95. The highest BCUT2D eigenvalue weighted by molar-refractivity contribution is 7.91. The lowest BCUT2D eigenvalue weighted by Crippen LogP contribution is -2.40. The Morgan fingerprint density at radius 2 is 1.86 bits per heavy atom. The SMILES string of the molecule is CCS(=O)(=O)CC(C)N(C)C(=O)Cc1ccccc1C(=O)O. The van der Waals surface area contributed by atoms with Crippen molar-refractivity contribution >= 4 is 21.7 Å². The lowest BCUT2D eigenvalue weighted by Gasteiger charge is -2.25. The number of likely N-dealkylation sites (N-methyl/N-ethyl adjacent to an activating group) is 1. The summed E-state index contributed by atoms with van der Waals surface area (Å²) >= 11 is 0. The van der Waals surface area contributed by atoms with E-state index in [1.165, 1.54) is 18.0 Å². The molecule has 1 aromatic rings. The average molecular weight is 327 g/mol. The zero-order chi connectivity index (χ0) is 16.9. The van der Waals surface area contributed by atoms with Crippen LogP contribution in [-0.2, 0) is 21.1 Å². The Bertz CT molecular complexity index is 654. The van der Waals surface area contributed by atoms with Gasteiger partial charge in [-0.1, -0.05) is 25.1 Å². The summed E-state index contributed by atoms with van der Waals surface area (Å²) in [7, 11) is -1.65. The predicted octanol–water partition coefficient (Wildman–Crippen LogP) is 1.21. The van der Waals surface area contributed by atoms with E-state index in [4.69, 9.17) is 5.11 Å². The average Bonchev–Trinajstić information content (AvgIpc) is 2.46. The number of hydrogen-bond donors (Lipinski definition) is 1. The molecular formula is C15H21NO5S. The Balaban J connectivity index is 2.83. The molecule has 0 radical (unpaired) electrons. The van der Waals surface area contributed by atoms with Gasteiger partial charge in [0.05, 0.1) is 17.7 Å². The molecule has 1 atom stereocenters. The minimum Gasteiger partial charge on any atom is -0.478 e. The fourth-order valence-electron chi connectivity index (χ4n) is 2.01. The Labute approximate surface area is 130 Å². The number of nitrogens with zero attached hydrogens (tertiary/aromatic N) is 1. The molecule has 122 valence electrons. The van der Waals surface area contributed by atoms with Gasteiger partial charge in [0.1, 0.15) is 0 Å². The standard InChI is InChI=1S/C15H21NO5S/c1-4-22(20,21)10-11(2)16(3)14(17)9-12-7-5-6-8-13(12)15(18)19/h5-8,11H,4,9-10H2,1-3H3,(H,18,19). The molecule has 1 rings (SSSR count). The lowest BCUT2D eigenvalue weighted by molar-refractivity contribution is -0.130. The normalized spacial score (nSPS) is 12.7. The Morgan fingerprint density at radius 3 is 2.41 bits per heavy atom. The van der Waals surface area contributed by atoms with Crippen LogP contribution in [0.25, 0.3) is 0 Å². The maximum Gasteiger partial charge on any atom is 0.335 e. The highest BCUT2D eigenvalue weighted by Gasteiger charge is 2.22. The van der Waals surface area contributed by atoms with Crippen molar-refractivity contribution in [3.05, 3.63) is 35.4 Å². The molecule has 22 heavy (non-hydrogen) atoms. The Hall–Kier alpha value is -1.89. The van der Waals surface area contributed by atoms with Crippen LogP contribution in [0.1, 0.15) is 29.8 Å². The smallest absolute Gasteiger partial charge is 0.335 e. The molecule has 0 bridgehead atoms. The molecule has 1 aromatic carbocycles. The monoisotopic (exact) mass is 327 g/mol. The molecule has 1 amide bonds. The van der Waals surface area contributed by atoms with E-state index in [9.17, 15) is 18.0 Å². The predicted molar refractivity (Wildman–Crippen MR) is 83.7 cm³/mol. The first-order chi connectivity index (χ1) is 10.2. The molecule has 0 aromatic heterocycles. The van der Waals surface area contributed by atoms with Gasteiger partial charge >= 0.3 is 5.97 Å². The molecule has 0 fully saturated rings. The van der Waals surface area contributed by atoms with Gasteiger partial charge < -0.3 is 10.0 Å². The molecule has 6 nitrogen and oxygen atoms in total. The number of amides is 1. The van der Waals surface area contributed by atoms with Crippen LogP contribution in [0.4, 0.5) is 0 Å². The molecule has 1 N–H and O–H groups in total. The largest absolute Gasteiger partial charge is 0.478 e. The zero-order valence-electron chi connectivity index (χ0n) is 12.9. The molecule has 7 heteroatoms. The topological polar surface area (TPSA) is 91.8 Å². The van der Waals surface area contributed by atoms with Crippen LogP contribution in [0, 0.1) is 0 Å². The number of hydrogen-bond acceptors (Lipinski definition) is 4. The van der Waals surface area contributed by atoms with Crippen molar-refractivity contribution in [2.75, 3.05) is 18.6 Å². The summed E-state index contributed by atoms with van der Waals surface area (Å²) in [6, 6.07) is 5.82. The summed E-state index contributed by atoms with van der Waals surface area (Å²) in [5.74, 6) is -1.48. The van der Waals surface area contributed by atoms with E-state index in [2.05, 4.69) is 0 Å². The van der Waals surface area contributed by atoms with Gasteiger partial charge in [-0.3, -0.25) is 4.79 Å². The molecule has 0 aliphatic heterocycles. The molecule has 0 aliphatic carbocycles. The van der Waals surface area contributed by atoms with E-state index >= 15 is 0 Å². The summed E-state index contributed by atoms with van der Waals surface area (Å²) in [6.45, 7) is 3.22. The first kappa shape index (κ1) is 18.2. The van der Waals surface area contributed by atoms with Crippen molar-refractivity contribution in [2.45, 2.75) is 26.3 Å². The fourth-order valence-corrected chi connectivity index (χ4v) is 3.21. The number of sulfone groups is 1. The van der Waals surface area contributed by atoms with Crippen molar-refractivity contribution in [2.24, 2.45) is 0 Å². The van der Waals surface area contributed by atoms with Crippen LogP contribution >= 0.6 is 0 Å². The maximum absolute atomic E-state index is 12.2. The van der Waals surface area contributed by atoms with Crippen LogP contribution in [0.5, 0.6) is 0 Å². The van der Waals surface area contributed by atoms with Gasteiger partial charge in [0.15, 0.2) is 9.84 Å². The van der Waals surface area contributed by atoms with E-state index in [0.717, 1.165) is 0 Å². The minimum atomic E-state index is -3.18. The third-order valence-electron chi connectivity index (χ3n) is 3.58. The highest BCUT2D eigenvalue weighted by Crippen LogP contribution is 2.12. The minimum absolute atomic E-state index is 0.0290. The van der Waals surface area contributed by atoms with Crippen molar-refractivity contribution in [1.82, 2.24) is 4.90 Å². The zero-order valence-corrected chi connectivity index (χ0v) is 13.8. The van der Waals surface area contributed by atoms with Gasteiger partial charge in [-0.05, 0) is 18.6 Å². The van der Waals surface area contributed by atoms with Gasteiger partial charge in [0, 0.05) is 18.8 Å². The number of carbonyl (C=O) groups excluding carboxylic acids is 1. The molecule has 0 spiro atoms. The molecular weight excluding hydrogens is 306 g/mol. The van der Waals surface area contributed by atoms with Crippen LogP contribution in [-0.4, -0.2) is 54.9 Å². The molecule has 0 heterocycles. The second-order valence-corrected chi connectivity index (χ2v) is 7.59. The summed E-state index contributed by atoms with van der Waals surface area (Å²) in [6.07, 6.45) is -0.0739. The number of benzene rings is 1. The Kier molecular flexibility index (Phi) is 6.11. The van der Waals surface area contributed by atoms with Gasteiger partial charge in [-0.2, -0.15) is 0 Å².